The molecule has 2 saturated carbocycles. The van der Waals surface area contributed by atoms with E-state index in [1.165, 1.54) is 43.9 Å². The van der Waals surface area contributed by atoms with Gasteiger partial charge < -0.3 is 10.2 Å². The van der Waals surface area contributed by atoms with Crippen LogP contribution in [0.2, 0.25) is 0 Å². The number of para-hydroxylation sites is 1. The maximum Gasteiger partial charge on any atom is 0.418 e. The number of anilines is 1. The molecule has 5 nitrogen and oxygen atoms in total. The number of carbonyl (C=O) groups excluding carboxylic acids is 2. The van der Waals surface area contributed by atoms with Gasteiger partial charge in [0.2, 0.25) is 11.8 Å². The molecule has 3 aliphatic rings. The normalized spacial score (nSPS) is 26.8. The third-order valence-corrected chi connectivity index (χ3v) is 6.92. The van der Waals surface area contributed by atoms with E-state index in [1.54, 1.807) is 0 Å². The molecule has 1 N–H and O–H groups in total. The van der Waals surface area contributed by atoms with Crippen molar-refractivity contribution in [1.82, 2.24) is 9.80 Å². The van der Waals surface area contributed by atoms with E-state index in [0.717, 1.165) is 17.9 Å². The maximum atomic E-state index is 13.1. The molecular weight excluding hydrogens is 395 g/mol. The molecule has 4 rings (SSSR count). The van der Waals surface area contributed by atoms with Crippen molar-refractivity contribution in [2.45, 2.75) is 38.3 Å². The van der Waals surface area contributed by atoms with Crippen LogP contribution in [0.25, 0.3) is 0 Å². The molecule has 2 amide bonds. The van der Waals surface area contributed by atoms with Crippen LogP contribution in [0.3, 0.4) is 0 Å². The Morgan fingerprint density at radius 2 is 1.77 bits per heavy atom. The predicted octanol–water partition coefficient (Wildman–Crippen LogP) is 3.61. The molecule has 1 aliphatic heterocycles. The van der Waals surface area contributed by atoms with Crippen LogP contribution < -0.4 is 5.32 Å². The highest BCUT2D eigenvalue weighted by atomic mass is 19.4. The fraction of sp³-hybridized carbons (Fsp3) is 0.636. The molecular formula is C22H28F3N3O2. The zero-order valence-electron chi connectivity index (χ0n) is 17.0. The van der Waals surface area contributed by atoms with Crippen LogP contribution in [0.1, 0.15) is 37.7 Å². The van der Waals surface area contributed by atoms with Crippen molar-refractivity contribution in [3.63, 3.8) is 0 Å². The summed E-state index contributed by atoms with van der Waals surface area (Å²) in [4.78, 5) is 28.7. The first-order valence-electron chi connectivity index (χ1n) is 10.8. The van der Waals surface area contributed by atoms with Gasteiger partial charge in [0, 0.05) is 32.6 Å². The van der Waals surface area contributed by atoms with Gasteiger partial charge in [-0.2, -0.15) is 13.2 Å². The number of alkyl halides is 3. The first-order valence-corrected chi connectivity index (χ1v) is 10.8. The summed E-state index contributed by atoms with van der Waals surface area (Å²) in [6.07, 6.45) is 1.19. The van der Waals surface area contributed by atoms with E-state index in [1.807, 2.05) is 9.80 Å². The van der Waals surface area contributed by atoms with E-state index in [4.69, 9.17) is 0 Å². The van der Waals surface area contributed by atoms with Crippen molar-refractivity contribution in [3.05, 3.63) is 29.8 Å². The van der Waals surface area contributed by atoms with E-state index in [-0.39, 0.29) is 18.1 Å². The van der Waals surface area contributed by atoms with E-state index in [2.05, 4.69) is 5.32 Å². The molecule has 2 bridgehead atoms. The Bertz CT molecular complexity index is 790. The van der Waals surface area contributed by atoms with E-state index in [0.29, 0.717) is 38.5 Å². The van der Waals surface area contributed by atoms with Gasteiger partial charge in [0.25, 0.3) is 0 Å². The lowest BCUT2D eigenvalue weighted by Gasteiger charge is -2.35. The third-order valence-electron chi connectivity index (χ3n) is 6.92. The van der Waals surface area contributed by atoms with Crippen LogP contribution >= 0.6 is 0 Å². The van der Waals surface area contributed by atoms with Crippen molar-refractivity contribution in [3.8, 4) is 0 Å². The second-order valence-electron chi connectivity index (χ2n) is 8.89. The zero-order valence-corrected chi connectivity index (χ0v) is 17.0. The van der Waals surface area contributed by atoms with Crippen molar-refractivity contribution in [1.29, 1.82) is 0 Å². The highest BCUT2D eigenvalue weighted by molar-refractivity contribution is 5.93. The van der Waals surface area contributed by atoms with Crippen LogP contribution in [0, 0.1) is 17.8 Å². The number of halogens is 3. The van der Waals surface area contributed by atoms with E-state index < -0.39 is 17.6 Å². The molecule has 30 heavy (non-hydrogen) atoms. The van der Waals surface area contributed by atoms with Crippen molar-refractivity contribution in [2.75, 3.05) is 38.0 Å². The van der Waals surface area contributed by atoms with Gasteiger partial charge in [0.15, 0.2) is 0 Å². The SMILES string of the molecule is O=C(CN1CCN(C(=O)C[C@H]2C[C@H]3CC[C@@H]2C3)CC1)Nc1ccccc1C(F)(F)F. The van der Waals surface area contributed by atoms with Gasteiger partial charge in [-0.3, -0.25) is 14.5 Å². The molecule has 1 aromatic carbocycles. The summed E-state index contributed by atoms with van der Waals surface area (Å²) >= 11 is 0. The quantitative estimate of drug-likeness (QED) is 0.787. The topological polar surface area (TPSA) is 52.7 Å². The smallest absolute Gasteiger partial charge is 0.340 e. The molecule has 8 heteroatoms. The number of nitrogens with zero attached hydrogens (tertiary/aromatic N) is 2. The van der Waals surface area contributed by atoms with Gasteiger partial charge in [-0.1, -0.05) is 18.6 Å². The molecule has 1 heterocycles. The average Bonchev–Trinajstić information content (AvgIpc) is 3.31. The molecule has 1 aromatic rings. The maximum absolute atomic E-state index is 13.1. The van der Waals surface area contributed by atoms with Crippen LogP contribution in [0.15, 0.2) is 24.3 Å². The lowest BCUT2D eigenvalue weighted by atomic mass is 9.86. The van der Waals surface area contributed by atoms with Gasteiger partial charge in [-0.15, -0.1) is 0 Å². The summed E-state index contributed by atoms with van der Waals surface area (Å²) in [6.45, 7) is 2.24. The molecule has 3 atom stereocenters. The van der Waals surface area contributed by atoms with E-state index >= 15 is 0 Å². The highest BCUT2D eigenvalue weighted by Crippen LogP contribution is 2.49. The van der Waals surface area contributed by atoms with Crippen LogP contribution in [-0.4, -0.2) is 54.3 Å². The standard InChI is InChI=1S/C22H28F3N3O2/c23-22(24,25)18-3-1-2-4-19(18)26-20(29)14-27-7-9-28(10-8-27)21(30)13-17-12-15-5-6-16(17)11-15/h1-4,15-17H,5-14H2,(H,26,29)/t15-,16+,17+/m0/s1. The number of benzene rings is 1. The Balaban J connectivity index is 1.23. The number of carbonyl (C=O) groups is 2. The Morgan fingerprint density at radius 1 is 1.03 bits per heavy atom. The third kappa shape index (κ3) is 4.79. The number of nitrogens with one attached hydrogen (secondary N) is 1. The number of rotatable bonds is 5. The number of hydrogen-bond donors (Lipinski definition) is 1. The molecule has 0 aromatic heterocycles. The van der Waals surface area contributed by atoms with Crippen molar-refractivity contribution < 1.29 is 22.8 Å². The summed E-state index contributed by atoms with van der Waals surface area (Å²) < 4.78 is 39.2. The minimum atomic E-state index is -4.52. The van der Waals surface area contributed by atoms with Crippen molar-refractivity contribution in [2.24, 2.45) is 17.8 Å². The first-order chi connectivity index (χ1) is 14.3. The number of hydrogen-bond acceptors (Lipinski definition) is 3. The molecule has 3 fully saturated rings. The number of piperazine rings is 1. The van der Waals surface area contributed by atoms with Gasteiger partial charge in [-0.05, 0) is 49.1 Å². The lowest BCUT2D eigenvalue weighted by molar-refractivity contribution is -0.137. The summed E-state index contributed by atoms with van der Waals surface area (Å²) in [5.41, 5.74) is -1.08. The fourth-order valence-electron chi connectivity index (χ4n) is 5.37. The minimum absolute atomic E-state index is 0.0145. The largest absolute Gasteiger partial charge is 0.418 e. The van der Waals surface area contributed by atoms with Gasteiger partial charge in [-0.25, -0.2) is 0 Å². The van der Waals surface area contributed by atoms with Crippen LogP contribution in [0.5, 0.6) is 0 Å². The predicted molar refractivity (Wildman–Crippen MR) is 107 cm³/mol. The zero-order chi connectivity index (χ0) is 21.3. The molecule has 0 unspecified atom stereocenters. The van der Waals surface area contributed by atoms with Crippen LogP contribution in [0.4, 0.5) is 18.9 Å². The molecule has 0 spiro atoms. The van der Waals surface area contributed by atoms with Crippen molar-refractivity contribution >= 4 is 17.5 Å². The number of fused-ring (bicyclic) bond motifs is 2. The Labute approximate surface area is 174 Å². The summed E-state index contributed by atoms with van der Waals surface area (Å²) in [6, 6.07) is 4.97. The van der Waals surface area contributed by atoms with Gasteiger partial charge in [0.1, 0.15) is 0 Å². The first kappa shape index (κ1) is 21.2. The molecule has 0 radical (unpaired) electrons. The van der Waals surface area contributed by atoms with Gasteiger partial charge in [0.05, 0.1) is 17.8 Å². The Morgan fingerprint density at radius 3 is 2.40 bits per heavy atom. The van der Waals surface area contributed by atoms with Crippen LogP contribution in [-0.2, 0) is 15.8 Å². The summed E-state index contributed by atoms with van der Waals surface area (Å²) in [5.74, 6) is 1.81. The van der Waals surface area contributed by atoms with E-state index in [9.17, 15) is 22.8 Å². The summed E-state index contributed by atoms with van der Waals surface area (Å²) in [7, 11) is 0. The van der Waals surface area contributed by atoms with Gasteiger partial charge >= 0.3 is 6.18 Å². The monoisotopic (exact) mass is 423 g/mol. The highest BCUT2D eigenvalue weighted by Gasteiger charge is 2.41. The number of amides is 2. The second-order valence-corrected chi connectivity index (χ2v) is 8.89. The Kier molecular flexibility index (Phi) is 6.04. The molecule has 1 saturated heterocycles. The lowest BCUT2D eigenvalue weighted by Crippen LogP contribution is -2.50. The minimum Gasteiger partial charge on any atom is -0.340 e. The summed E-state index contributed by atoms with van der Waals surface area (Å²) in [5, 5.41) is 2.38. The Hall–Kier alpha value is -2.09. The molecule has 2 aliphatic carbocycles. The molecule has 164 valence electrons. The second kappa shape index (κ2) is 8.57. The fourth-order valence-corrected chi connectivity index (χ4v) is 5.37. The average molecular weight is 423 g/mol.